The van der Waals surface area contributed by atoms with Crippen molar-refractivity contribution in [2.24, 2.45) is 0 Å². The van der Waals surface area contributed by atoms with Crippen molar-refractivity contribution in [1.29, 1.82) is 0 Å². The third-order valence-corrected chi connectivity index (χ3v) is 6.09. The number of nitrogens with one attached hydrogen (secondary N) is 1. The highest BCUT2D eigenvalue weighted by Crippen LogP contribution is 2.29. The highest BCUT2D eigenvalue weighted by atomic mass is 16.4. The number of carboxylic acid groups (broad SMARTS) is 1. The second kappa shape index (κ2) is 12.5. The molecule has 4 N–H and O–H groups in total. The number of imidazole rings is 1. The number of aliphatic carboxylic acids is 1. The van der Waals surface area contributed by atoms with Gasteiger partial charge >= 0.3 is 5.97 Å². The topological polar surface area (TPSA) is 125 Å². The smallest absolute Gasteiger partial charge is 0.305 e. The van der Waals surface area contributed by atoms with Crippen molar-refractivity contribution in [2.45, 2.75) is 70.7 Å². The second-order valence-electron chi connectivity index (χ2n) is 9.35. The van der Waals surface area contributed by atoms with Gasteiger partial charge < -0.3 is 25.2 Å². The molecular formula is C28H35N3O5. The number of carbonyl (C=O) groups excluding carboxylic acids is 1. The fourth-order valence-corrected chi connectivity index (χ4v) is 4.36. The highest BCUT2D eigenvalue weighted by molar-refractivity contribution is 5.92. The van der Waals surface area contributed by atoms with Crippen LogP contribution in [-0.2, 0) is 11.2 Å². The van der Waals surface area contributed by atoms with E-state index < -0.39 is 24.6 Å². The minimum Gasteiger partial charge on any atom is -0.481 e. The number of hydrogen-bond acceptors (Lipinski definition) is 5. The zero-order valence-corrected chi connectivity index (χ0v) is 21.0. The van der Waals surface area contributed by atoms with Gasteiger partial charge in [-0.25, -0.2) is 4.98 Å². The van der Waals surface area contributed by atoms with Gasteiger partial charge in [0.1, 0.15) is 0 Å². The molecule has 0 aliphatic carbocycles. The summed E-state index contributed by atoms with van der Waals surface area (Å²) in [6, 6.07) is 19.0. The zero-order valence-electron chi connectivity index (χ0n) is 21.0. The van der Waals surface area contributed by atoms with Crippen LogP contribution in [-0.4, -0.2) is 49.0 Å². The lowest BCUT2D eigenvalue weighted by molar-refractivity contribution is -0.139. The van der Waals surface area contributed by atoms with Gasteiger partial charge in [-0.3, -0.25) is 9.59 Å². The van der Waals surface area contributed by atoms with E-state index in [0.29, 0.717) is 17.9 Å². The monoisotopic (exact) mass is 493 g/mol. The van der Waals surface area contributed by atoms with Crippen molar-refractivity contribution in [1.82, 2.24) is 14.9 Å². The van der Waals surface area contributed by atoms with E-state index in [9.17, 15) is 19.8 Å². The molecule has 0 aliphatic heterocycles. The maximum absolute atomic E-state index is 13.4. The van der Waals surface area contributed by atoms with Crippen LogP contribution in [0.1, 0.15) is 74.0 Å². The molecule has 1 heterocycles. The number of nitrogens with zero attached hydrogens (tertiary/aromatic N) is 2. The molecule has 3 atom stereocenters. The van der Waals surface area contributed by atoms with Crippen LogP contribution in [0.2, 0.25) is 0 Å². The Bertz CT molecular complexity index is 1140. The number of carboxylic acids is 1. The van der Waals surface area contributed by atoms with Gasteiger partial charge in [0, 0.05) is 17.3 Å². The molecule has 1 amide bonds. The van der Waals surface area contributed by atoms with Gasteiger partial charge in [-0.1, -0.05) is 60.7 Å². The molecule has 0 fully saturated rings. The zero-order chi connectivity index (χ0) is 26.2. The number of rotatable bonds is 12. The summed E-state index contributed by atoms with van der Waals surface area (Å²) < 4.78 is 1.90. The second-order valence-corrected chi connectivity index (χ2v) is 9.35. The van der Waals surface area contributed by atoms with E-state index in [-0.39, 0.29) is 30.8 Å². The van der Waals surface area contributed by atoms with Gasteiger partial charge in [-0.2, -0.15) is 0 Å². The van der Waals surface area contributed by atoms with Crippen molar-refractivity contribution in [3.05, 3.63) is 77.7 Å². The fourth-order valence-electron chi connectivity index (χ4n) is 4.36. The van der Waals surface area contributed by atoms with E-state index in [1.165, 1.54) is 0 Å². The lowest BCUT2D eigenvalue weighted by Gasteiger charge is -2.19. The van der Waals surface area contributed by atoms with Gasteiger partial charge in [0.25, 0.3) is 5.91 Å². The number of amides is 1. The Morgan fingerprint density at radius 3 is 2.14 bits per heavy atom. The maximum Gasteiger partial charge on any atom is 0.305 e. The van der Waals surface area contributed by atoms with Crippen LogP contribution in [0.4, 0.5) is 0 Å². The van der Waals surface area contributed by atoms with Crippen LogP contribution in [0.25, 0.3) is 11.3 Å². The van der Waals surface area contributed by atoms with Crippen molar-refractivity contribution in [2.75, 3.05) is 0 Å². The average Bonchev–Trinajstić information content (AvgIpc) is 3.23. The molecule has 0 saturated carbocycles. The third kappa shape index (κ3) is 7.02. The van der Waals surface area contributed by atoms with Crippen molar-refractivity contribution in [3.8, 4) is 11.3 Å². The van der Waals surface area contributed by atoms with Crippen molar-refractivity contribution >= 4 is 11.9 Å². The number of benzene rings is 2. The SMILES string of the molecule is CC(C)n1c(C(=O)N[C@H](C)c2ccccc2)nc(-c2ccccc2)c1CC[C@@H](O)C[C@@H](O)CC(=O)O. The molecule has 0 unspecified atom stereocenters. The van der Waals surface area contributed by atoms with E-state index in [1.807, 2.05) is 86.0 Å². The van der Waals surface area contributed by atoms with Crippen LogP contribution in [0.15, 0.2) is 60.7 Å². The lowest BCUT2D eigenvalue weighted by Crippen LogP contribution is -2.30. The molecule has 0 aliphatic rings. The molecule has 3 rings (SSSR count). The summed E-state index contributed by atoms with van der Waals surface area (Å²) in [4.78, 5) is 29.0. The molecule has 3 aromatic rings. The largest absolute Gasteiger partial charge is 0.481 e. The number of aromatic nitrogens is 2. The molecule has 2 aromatic carbocycles. The molecule has 8 heteroatoms. The number of aliphatic hydroxyl groups is 2. The summed E-state index contributed by atoms with van der Waals surface area (Å²) in [5.74, 6) is -1.11. The summed E-state index contributed by atoms with van der Waals surface area (Å²) in [6.07, 6.45) is -1.78. The predicted octanol–water partition coefficient (Wildman–Crippen LogP) is 4.14. The minimum atomic E-state index is -1.12. The Hall–Kier alpha value is -3.49. The van der Waals surface area contributed by atoms with E-state index in [4.69, 9.17) is 10.1 Å². The van der Waals surface area contributed by atoms with Gasteiger partial charge in [0.05, 0.1) is 30.4 Å². The summed E-state index contributed by atoms with van der Waals surface area (Å²) in [5.41, 5.74) is 3.32. The summed E-state index contributed by atoms with van der Waals surface area (Å²) in [6.45, 7) is 5.88. The molecule has 36 heavy (non-hydrogen) atoms. The molecule has 192 valence electrons. The number of carbonyl (C=O) groups is 2. The van der Waals surface area contributed by atoms with Crippen LogP contribution < -0.4 is 5.32 Å². The molecule has 1 aromatic heterocycles. The Morgan fingerprint density at radius 2 is 1.56 bits per heavy atom. The lowest BCUT2D eigenvalue weighted by atomic mass is 10.0. The Balaban J connectivity index is 1.91. The van der Waals surface area contributed by atoms with Crippen LogP contribution in [0.5, 0.6) is 0 Å². The average molecular weight is 494 g/mol. The van der Waals surface area contributed by atoms with Crippen LogP contribution >= 0.6 is 0 Å². The Morgan fingerprint density at radius 1 is 0.944 bits per heavy atom. The van der Waals surface area contributed by atoms with Crippen molar-refractivity contribution < 1.29 is 24.9 Å². The van der Waals surface area contributed by atoms with Crippen LogP contribution in [0.3, 0.4) is 0 Å². The molecule has 8 nitrogen and oxygen atoms in total. The first-order chi connectivity index (χ1) is 17.2. The third-order valence-electron chi connectivity index (χ3n) is 6.09. The van der Waals surface area contributed by atoms with E-state index in [1.54, 1.807) is 0 Å². The highest BCUT2D eigenvalue weighted by Gasteiger charge is 2.26. The molecule has 0 radical (unpaired) electrons. The molecular weight excluding hydrogens is 458 g/mol. The van der Waals surface area contributed by atoms with Gasteiger partial charge in [-0.05, 0) is 45.6 Å². The summed E-state index contributed by atoms with van der Waals surface area (Å²) in [5, 5.41) is 32.3. The first kappa shape index (κ1) is 27.1. The predicted molar refractivity (Wildman–Crippen MR) is 138 cm³/mol. The number of hydrogen-bond donors (Lipinski definition) is 4. The fraction of sp³-hybridized carbons (Fsp3) is 0.393. The van der Waals surface area contributed by atoms with Crippen LogP contribution in [0, 0.1) is 0 Å². The van der Waals surface area contributed by atoms with Crippen molar-refractivity contribution in [3.63, 3.8) is 0 Å². The molecule has 0 saturated heterocycles. The summed E-state index contributed by atoms with van der Waals surface area (Å²) in [7, 11) is 0. The van der Waals surface area contributed by atoms with Gasteiger partial charge in [-0.15, -0.1) is 0 Å². The Kier molecular flexibility index (Phi) is 9.38. The van der Waals surface area contributed by atoms with E-state index in [2.05, 4.69) is 5.32 Å². The normalized spacial score (nSPS) is 13.8. The van der Waals surface area contributed by atoms with Gasteiger partial charge in [0.2, 0.25) is 0 Å². The molecule has 0 bridgehead atoms. The summed E-state index contributed by atoms with van der Waals surface area (Å²) >= 11 is 0. The molecule has 0 spiro atoms. The quantitative estimate of drug-likeness (QED) is 0.301. The van der Waals surface area contributed by atoms with Gasteiger partial charge in [0.15, 0.2) is 5.82 Å². The maximum atomic E-state index is 13.4. The first-order valence-electron chi connectivity index (χ1n) is 12.3. The van der Waals surface area contributed by atoms with E-state index in [0.717, 1.165) is 16.8 Å². The number of aliphatic hydroxyl groups excluding tert-OH is 2. The first-order valence-corrected chi connectivity index (χ1v) is 12.3. The minimum absolute atomic E-state index is 0.0370. The standard InChI is InChI=1S/C28H35N3O5/c1-18(2)31-24(15-14-22(32)16-23(33)17-25(34)35)26(21-12-8-5-9-13-21)30-27(31)28(36)29-19(3)20-10-6-4-7-11-20/h4-13,18-19,22-23,32-33H,14-17H2,1-3H3,(H,29,36)(H,34,35)/t19-,22-,23-/m1/s1. The Labute approximate surface area is 211 Å². The van der Waals surface area contributed by atoms with E-state index >= 15 is 0 Å².